The molecule has 0 radical (unpaired) electrons. The zero-order valence-corrected chi connectivity index (χ0v) is 10.2. The molecule has 0 aromatic heterocycles. The second-order valence-electron chi connectivity index (χ2n) is 4.74. The van der Waals surface area contributed by atoms with Crippen LogP contribution >= 0.6 is 0 Å². The maximum absolute atomic E-state index is 13.1. The number of likely N-dealkylation sites (tertiary alicyclic amines) is 1. The van der Waals surface area contributed by atoms with Gasteiger partial charge in [0.25, 0.3) is 0 Å². The number of nitrogens with one attached hydrogen (secondary N) is 1. The van der Waals surface area contributed by atoms with Crippen molar-refractivity contribution >= 4 is 11.4 Å². The zero-order valence-electron chi connectivity index (χ0n) is 10.2. The molecule has 0 amide bonds. The highest BCUT2D eigenvalue weighted by Gasteiger charge is 2.18. The summed E-state index contributed by atoms with van der Waals surface area (Å²) in [5.74, 6) is -0.251. The van der Waals surface area contributed by atoms with E-state index in [1.807, 2.05) is 0 Å². The average molecular weight is 237 g/mol. The molecule has 1 unspecified atom stereocenters. The number of rotatable bonds is 3. The number of anilines is 2. The van der Waals surface area contributed by atoms with Gasteiger partial charge in [-0.15, -0.1) is 0 Å². The third-order valence-electron chi connectivity index (χ3n) is 3.46. The lowest BCUT2D eigenvalue weighted by molar-refractivity contribution is 0.194. The third kappa shape index (κ3) is 3.09. The van der Waals surface area contributed by atoms with Crippen LogP contribution in [0.25, 0.3) is 0 Å². The van der Waals surface area contributed by atoms with Gasteiger partial charge in [0.2, 0.25) is 0 Å². The number of nitrogens with two attached hydrogens (primary N) is 1. The van der Waals surface area contributed by atoms with Crippen molar-refractivity contribution in [3.8, 4) is 0 Å². The van der Waals surface area contributed by atoms with Crippen LogP contribution in [0.2, 0.25) is 0 Å². The predicted octanol–water partition coefficient (Wildman–Crippen LogP) is 2.30. The molecule has 1 heterocycles. The van der Waals surface area contributed by atoms with Crippen LogP contribution in [0.4, 0.5) is 15.8 Å². The first-order valence-corrected chi connectivity index (χ1v) is 6.16. The van der Waals surface area contributed by atoms with Crippen LogP contribution in [0.1, 0.15) is 19.3 Å². The van der Waals surface area contributed by atoms with E-state index < -0.39 is 0 Å². The van der Waals surface area contributed by atoms with Gasteiger partial charge in [0.15, 0.2) is 0 Å². The molecule has 3 N–H and O–H groups in total. The van der Waals surface area contributed by atoms with E-state index in [9.17, 15) is 4.39 Å². The van der Waals surface area contributed by atoms with Gasteiger partial charge in [0.1, 0.15) is 5.82 Å². The Morgan fingerprint density at radius 2 is 2.29 bits per heavy atom. The fourth-order valence-electron chi connectivity index (χ4n) is 2.31. The molecular formula is C13H20FN3. The molecule has 0 aliphatic carbocycles. The lowest BCUT2D eigenvalue weighted by Gasteiger charge is -2.32. The Bertz CT molecular complexity index is 381. The maximum atomic E-state index is 13.1. The minimum absolute atomic E-state index is 0.251. The fraction of sp³-hybridized carbons (Fsp3) is 0.538. The number of likely N-dealkylation sites (N-methyl/N-ethyl adjacent to an activating group) is 1. The van der Waals surface area contributed by atoms with Crippen LogP contribution < -0.4 is 11.1 Å². The number of nitrogen functional groups attached to an aromatic ring is 1. The SMILES string of the molecule is CN1CCCCC1CNc1cc(F)ccc1N. The summed E-state index contributed by atoms with van der Waals surface area (Å²) in [7, 11) is 2.14. The van der Waals surface area contributed by atoms with Crippen LogP contribution in [0.3, 0.4) is 0 Å². The van der Waals surface area contributed by atoms with Crippen LogP contribution in [-0.4, -0.2) is 31.1 Å². The summed E-state index contributed by atoms with van der Waals surface area (Å²) in [5, 5.41) is 3.25. The highest BCUT2D eigenvalue weighted by Crippen LogP contribution is 2.21. The van der Waals surface area contributed by atoms with E-state index in [1.54, 1.807) is 6.07 Å². The van der Waals surface area contributed by atoms with Crippen molar-refractivity contribution in [3.63, 3.8) is 0 Å². The average Bonchev–Trinajstić information content (AvgIpc) is 2.32. The summed E-state index contributed by atoms with van der Waals surface area (Å²) in [5.41, 5.74) is 7.10. The van der Waals surface area contributed by atoms with Gasteiger partial charge in [-0.3, -0.25) is 0 Å². The van der Waals surface area contributed by atoms with Crippen molar-refractivity contribution < 1.29 is 4.39 Å². The zero-order chi connectivity index (χ0) is 12.3. The summed E-state index contributed by atoms with van der Waals surface area (Å²) in [6.45, 7) is 1.97. The molecular weight excluding hydrogens is 217 g/mol. The Morgan fingerprint density at radius 3 is 3.06 bits per heavy atom. The molecule has 0 saturated carbocycles. The molecule has 4 heteroatoms. The Balaban J connectivity index is 1.94. The van der Waals surface area contributed by atoms with E-state index in [0.29, 0.717) is 17.4 Å². The molecule has 1 aromatic carbocycles. The summed E-state index contributed by atoms with van der Waals surface area (Å²) in [6, 6.07) is 4.96. The number of nitrogens with zero attached hydrogens (tertiary/aromatic N) is 1. The summed E-state index contributed by atoms with van der Waals surface area (Å²) in [6.07, 6.45) is 3.74. The first-order valence-electron chi connectivity index (χ1n) is 6.16. The summed E-state index contributed by atoms with van der Waals surface area (Å²) < 4.78 is 13.1. The molecule has 1 aliphatic rings. The quantitative estimate of drug-likeness (QED) is 0.793. The van der Waals surface area contributed by atoms with Gasteiger partial charge < -0.3 is 16.0 Å². The van der Waals surface area contributed by atoms with Gasteiger partial charge >= 0.3 is 0 Å². The maximum Gasteiger partial charge on any atom is 0.125 e. The first-order chi connectivity index (χ1) is 8.16. The van der Waals surface area contributed by atoms with Crippen molar-refractivity contribution in [2.24, 2.45) is 0 Å². The van der Waals surface area contributed by atoms with Crippen molar-refractivity contribution in [2.45, 2.75) is 25.3 Å². The van der Waals surface area contributed by atoms with Gasteiger partial charge in [-0.05, 0) is 44.6 Å². The van der Waals surface area contributed by atoms with Gasteiger partial charge in [0.05, 0.1) is 11.4 Å². The van der Waals surface area contributed by atoms with Crippen molar-refractivity contribution in [1.82, 2.24) is 4.90 Å². The second-order valence-corrected chi connectivity index (χ2v) is 4.74. The molecule has 3 nitrogen and oxygen atoms in total. The molecule has 1 saturated heterocycles. The highest BCUT2D eigenvalue weighted by molar-refractivity contribution is 5.65. The standard InChI is InChI=1S/C13H20FN3/c1-17-7-3-2-4-11(17)9-16-13-8-10(14)5-6-12(13)15/h5-6,8,11,16H,2-4,7,9,15H2,1H3. The smallest absolute Gasteiger partial charge is 0.125 e. The lowest BCUT2D eigenvalue weighted by Crippen LogP contribution is -2.40. The topological polar surface area (TPSA) is 41.3 Å². The molecule has 1 aromatic rings. The lowest BCUT2D eigenvalue weighted by atomic mass is 10.0. The van der Waals surface area contributed by atoms with Crippen molar-refractivity contribution in [3.05, 3.63) is 24.0 Å². The monoisotopic (exact) mass is 237 g/mol. The normalized spacial score (nSPS) is 21.4. The molecule has 1 aliphatic heterocycles. The van der Waals surface area contributed by atoms with E-state index in [4.69, 9.17) is 5.73 Å². The van der Waals surface area contributed by atoms with Gasteiger partial charge in [-0.25, -0.2) is 4.39 Å². The molecule has 94 valence electrons. The second kappa shape index (κ2) is 5.36. The van der Waals surface area contributed by atoms with E-state index >= 15 is 0 Å². The number of hydrogen-bond acceptors (Lipinski definition) is 3. The van der Waals surface area contributed by atoms with Crippen molar-refractivity contribution in [1.29, 1.82) is 0 Å². The molecule has 0 bridgehead atoms. The third-order valence-corrected chi connectivity index (χ3v) is 3.46. The van der Waals surface area contributed by atoms with Crippen LogP contribution in [0.15, 0.2) is 18.2 Å². The van der Waals surface area contributed by atoms with Crippen LogP contribution in [-0.2, 0) is 0 Å². The van der Waals surface area contributed by atoms with E-state index in [1.165, 1.54) is 31.4 Å². The number of hydrogen-bond donors (Lipinski definition) is 2. The first kappa shape index (κ1) is 12.2. The summed E-state index contributed by atoms with van der Waals surface area (Å²) >= 11 is 0. The number of piperidine rings is 1. The van der Waals surface area contributed by atoms with Gasteiger partial charge in [0, 0.05) is 12.6 Å². The summed E-state index contributed by atoms with van der Waals surface area (Å²) in [4.78, 5) is 2.35. The van der Waals surface area contributed by atoms with E-state index in [2.05, 4.69) is 17.3 Å². The van der Waals surface area contributed by atoms with E-state index in [0.717, 1.165) is 13.1 Å². The number of benzene rings is 1. The van der Waals surface area contributed by atoms with Crippen molar-refractivity contribution in [2.75, 3.05) is 31.2 Å². The molecule has 1 fully saturated rings. The van der Waals surface area contributed by atoms with Gasteiger partial charge in [-0.2, -0.15) is 0 Å². The van der Waals surface area contributed by atoms with Gasteiger partial charge in [-0.1, -0.05) is 6.42 Å². The minimum atomic E-state index is -0.251. The predicted molar refractivity (Wildman–Crippen MR) is 69.6 cm³/mol. The molecule has 2 rings (SSSR count). The fourth-order valence-corrected chi connectivity index (χ4v) is 2.31. The highest BCUT2D eigenvalue weighted by atomic mass is 19.1. The Morgan fingerprint density at radius 1 is 1.47 bits per heavy atom. The Hall–Kier alpha value is -1.29. The minimum Gasteiger partial charge on any atom is -0.397 e. The Kier molecular flexibility index (Phi) is 3.84. The van der Waals surface area contributed by atoms with Crippen LogP contribution in [0.5, 0.6) is 0 Å². The van der Waals surface area contributed by atoms with Crippen LogP contribution in [0, 0.1) is 5.82 Å². The molecule has 1 atom stereocenters. The Labute approximate surface area is 102 Å². The molecule has 17 heavy (non-hydrogen) atoms. The van der Waals surface area contributed by atoms with E-state index in [-0.39, 0.29) is 5.82 Å². The molecule has 0 spiro atoms. The largest absolute Gasteiger partial charge is 0.397 e. The number of halogens is 1.